The summed E-state index contributed by atoms with van der Waals surface area (Å²) in [4.78, 5) is 9.09. The number of anilines is 1. The van der Waals surface area contributed by atoms with Crippen LogP contribution in [-0.4, -0.2) is 79.5 Å². The Morgan fingerprint density at radius 2 is 1.89 bits per heavy atom. The molecule has 0 amide bonds. The van der Waals surface area contributed by atoms with Crippen molar-refractivity contribution in [2.75, 3.05) is 63.6 Å². The molecule has 28 heavy (non-hydrogen) atoms. The Morgan fingerprint density at radius 1 is 1.21 bits per heavy atom. The van der Waals surface area contributed by atoms with E-state index in [-0.39, 0.29) is 28.7 Å². The first kappa shape index (κ1) is 23.4. The smallest absolute Gasteiger partial charge is 0.193 e. The molecule has 158 valence electrons. The summed E-state index contributed by atoms with van der Waals surface area (Å²) in [6.07, 6.45) is 2.19. The van der Waals surface area contributed by atoms with Crippen LogP contribution < -0.4 is 10.2 Å². The molecule has 1 aromatic rings. The zero-order valence-electron chi connectivity index (χ0n) is 16.9. The molecule has 0 aliphatic carbocycles. The molecule has 2 heterocycles. The number of phenolic OH excluding ortho intramolecular Hbond substituents is 1. The third-order valence-electron chi connectivity index (χ3n) is 5.44. The van der Waals surface area contributed by atoms with Crippen molar-refractivity contribution in [3.8, 4) is 5.75 Å². The highest BCUT2D eigenvalue weighted by molar-refractivity contribution is 14.0. The van der Waals surface area contributed by atoms with E-state index in [1.165, 1.54) is 0 Å². The van der Waals surface area contributed by atoms with Crippen molar-refractivity contribution in [3.05, 3.63) is 24.3 Å². The van der Waals surface area contributed by atoms with Gasteiger partial charge in [0.2, 0.25) is 0 Å². The summed E-state index contributed by atoms with van der Waals surface area (Å²) in [5, 5.41) is 13.7. The number of rotatable bonds is 5. The van der Waals surface area contributed by atoms with Gasteiger partial charge in [-0.3, -0.25) is 4.99 Å². The summed E-state index contributed by atoms with van der Waals surface area (Å²) in [6.45, 7) is 8.41. The van der Waals surface area contributed by atoms with Gasteiger partial charge in [-0.15, -0.1) is 24.0 Å². The van der Waals surface area contributed by atoms with Gasteiger partial charge in [-0.05, 0) is 30.7 Å². The van der Waals surface area contributed by atoms with Gasteiger partial charge in [0.15, 0.2) is 5.96 Å². The highest BCUT2D eigenvalue weighted by Gasteiger charge is 2.33. The fourth-order valence-corrected chi connectivity index (χ4v) is 5.13. The maximum atomic E-state index is 10.1. The van der Waals surface area contributed by atoms with Gasteiger partial charge in [0, 0.05) is 57.7 Å². The van der Waals surface area contributed by atoms with Crippen LogP contribution in [0.3, 0.4) is 0 Å². The molecule has 2 fully saturated rings. The predicted octanol–water partition coefficient (Wildman–Crippen LogP) is 3.01. The van der Waals surface area contributed by atoms with Crippen molar-refractivity contribution < 1.29 is 9.84 Å². The second kappa shape index (κ2) is 11.3. The number of phenols is 1. The first-order valence-corrected chi connectivity index (χ1v) is 10.9. The molecule has 0 atom stereocenters. The Labute approximate surface area is 190 Å². The predicted molar refractivity (Wildman–Crippen MR) is 130 cm³/mol. The molecule has 2 aliphatic rings. The Hall–Kier alpha value is -0.870. The van der Waals surface area contributed by atoms with Crippen molar-refractivity contribution in [1.82, 2.24) is 10.2 Å². The van der Waals surface area contributed by atoms with Gasteiger partial charge in [0.1, 0.15) is 5.75 Å². The van der Waals surface area contributed by atoms with E-state index in [0.29, 0.717) is 5.75 Å². The van der Waals surface area contributed by atoms with E-state index in [0.717, 1.165) is 76.2 Å². The SMILES string of the molecule is CCSC1(CNC(=NC)N2CCN(c3ccccc3O)CC2)CCOCC1.I. The minimum atomic E-state index is 0. The van der Waals surface area contributed by atoms with Gasteiger partial charge in [-0.2, -0.15) is 11.8 Å². The number of hydrogen-bond donors (Lipinski definition) is 2. The van der Waals surface area contributed by atoms with Crippen molar-refractivity contribution >= 4 is 47.4 Å². The minimum Gasteiger partial charge on any atom is -0.506 e. The summed E-state index contributed by atoms with van der Waals surface area (Å²) in [7, 11) is 1.86. The van der Waals surface area contributed by atoms with Crippen LogP contribution in [0.25, 0.3) is 0 Å². The number of nitrogens with zero attached hydrogens (tertiary/aromatic N) is 3. The summed E-state index contributed by atoms with van der Waals surface area (Å²) in [5.74, 6) is 2.46. The second-order valence-corrected chi connectivity index (χ2v) is 8.82. The first-order valence-electron chi connectivity index (χ1n) is 9.88. The van der Waals surface area contributed by atoms with E-state index in [4.69, 9.17) is 4.74 Å². The standard InChI is InChI=1S/C20H32N4O2S.HI/c1-3-27-20(8-14-26-15-9-20)16-22-19(21-2)24-12-10-23(11-13-24)17-6-4-5-7-18(17)25;/h4-7,25H,3,8-16H2,1-2H3,(H,21,22);1H. The largest absolute Gasteiger partial charge is 0.506 e. The number of halogens is 1. The average molecular weight is 520 g/mol. The lowest BCUT2D eigenvalue weighted by Gasteiger charge is -2.40. The lowest BCUT2D eigenvalue weighted by Crippen LogP contribution is -2.55. The zero-order chi connectivity index (χ0) is 19.1. The third-order valence-corrected chi connectivity index (χ3v) is 6.89. The van der Waals surface area contributed by atoms with Crippen molar-refractivity contribution in [2.24, 2.45) is 4.99 Å². The molecule has 0 unspecified atom stereocenters. The number of guanidine groups is 1. The fraction of sp³-hybridized carbons (Fsp3) is 0.650. The monoisotopic (exact) mass is 520 g/mol. The minimum absolute atomic E-state index is 0. The molecule has 0 radical (unpaired) electrons. The summed E-state index contributed by atoms with van der Waals surface area (Å²) in [6, 6.07) is 7.57. The van der Waals surface area contributed by atoms with E-state index < -0.39 is 0 Å². The Bertz CT molecular complexity index is 627. The molecule has 0 aromatic heterocycles. The number of ether oxygens (including phenoxy) is 1. The lowest BCUT2D eigenvalue weighted by atomic mass is 9.99. The van der Waals surface area contributed by atoms with E-state index >= 15 is 0 Å². The molecule has 2 aliphatic heterocycles. The molecule has 2 N–H and O–H groups in total. The molecular weight excluding hydrogens is 487 g/mol. The van der Waals surface area contributed by atoms with Gasteiger partial charge < -0.3 is 25.0 Å². The fourth-order valence-electron chi connectivity index (χ4n) is 3.88. The van der Waals surface area contributed by atoms with Crippen LogP contribution >= 0.6 is 35.7 Å². The summed E-state index contributed by atoms with van der Waals surface area (Å²) < 4.78 is 5.83. The van der Waals surface area contributed by atoms with Gasteiger partial charge in [-0.1, -0.05) is 19.1 Å². The average Bonchev–Trinajstić information content (AvgIpc) is 2.70. The zero-order valence-corrected chi connectivity index (χ0v) is 20.0. The molecule has 8 heteroatoms. The number of aromatic hydroxyl groups is 1. The van der Waals surface area contributed by atoms with Crippen molar-refractivity contribution in [2.45, 2.75) is 24.5 Å². The van der Waals surface area contributed by atoms with Crippen LogP contribution in [0.4, 0.5) is 5.69 Å². The van der Waals surface area contributed by atoms with Crippen LogP contribution in [0, 0.1) is 0 Å². The Morgan fingerprint density at radius 3 is 2.50 bits per heavy atom. The van der Waals surface area contributed by atoms with Gasteiger partial charge in [-0.25, -0.2) is 0 Å². The molecule has 0 bridgehead atoms. The topological polar surface area (TPSA) is 60.3 Å². The molecule has 6 nitrogen and oxygen atoms in total. The van der Waals surface area contributed by atoms with Gasteiger partial charge >= 0.3 is 0 Å². The maximum Gasteiger partial charge on any atom is 0.193 e. The molecule has 0 saturated carbocycles. The molecule has 3 rings (SSSR count). The Balaban J connectivity index is 0.00000280. The number of benzene rings is 1. The summed E-state index contributed by atoms with van der Waals surface area (Å²) >= 11 is 2.05. The van der Waals surface area contributed by atoms with Crippen molar-refractivity contribution in [1.29, 1.82) is 0 Å². The maximum absolute atomic E-state index is 10.1. The van der Waals surface area contributed by atoms with Crippen LogP contribution in [0.2, 0.25) is 0 Å². The highest BCUT2D eigenvalue weighted by Crippen LogP contribution is 2.35. The summed E-state index contributed by atoms with van der Waals surface area (Å²) in [5.41, 5.74) is 0.917. The van der Waals surface area contributed by atoms with E-state index in [2.05, 4.69) is 27.0 Å². The third kappa shape index (κ3) is 5.82. The number of nitrogens with one attached hydrogen (secondary N) is 1. The number of thioether (sulfide) groups is 1. The van der Waals surface area contributed by atoms with Crippen molar-refractivity contribution in [3.63, 3.8) is 0 Å². The Kier molecular flexibility index (Phi) is 9.49. The molecule has 1 aromatic carbocycles. The number of aliphatic imine (C=N–C) groups is 1. The van der Waals surface area contributed by atoms with Gasteiger partial charge in [0.25, 0.3) is 0 Å². The van der Waals surface area contributed by atoms with Crippen LogP contribution in [0.5, 0.6) is 5.75 Å². The number of para-hydroxylation sites is 2. The number of hydrogen-bond acceptors (Lipinski definition) is 5. The van der Waals surface area contributed by atoms with Gasteiger partial charge in [0.05, 0.1) is 5.69 Å². The lowest BCUT2D eigenvalue weighted by molar-refractivity contribution is 0.0780. The van der Waals surface area contributed by atoms with E-state index in [1.54, 1.807) is 6.07 Å². The van der Waals surface area contributed by atoms with Crippen LogP contribution in [0.1, 0.15) is 19.8 Å². The van der Waals surface area contributed by atoms with E-state index in [9.17, 15) is 5.11 Å². The van der Waals surface area contributed by atoms with E-state index in [1.807, 2.05) is 37.0 Å². The van der Waals surface area contributed by atoms with Crippen LogP contribution in [-0.2, 0) is 4.74 Å². The quantitative estimate of drug-likeness (QED) is 0.354. The number of piperazine rings is 1. The second-order valence-electron chi connectivity index (χ2n) is 7.09. The molecule has 2 saturated heterocycles. The van der Waals surface area contributed by atoms with Crippen LogP contribution in [0.15, 0.2) is 29.3 Å². The molecular formula is C20H33IN4O2S. The normalized spacial score (nSPS) is 19.9. The molecule has 0 spiro atoms. The first-order chi connectivity index (χ1) is 13.2. The highest BCUT2D eigenvalue weighted by atomic mass is 127.